The molecule has 1 aliphatic carbocycles. The van der Waals surface area contributed by atoms with E-state index in [0.29, 0.717) is 24.7 Å². The number of carbonyl (C=O) groups is 1. The number of nitrogens with zero attached hydrogens (tertiary/aromatic N) is 1. The fourth-order valence-electron chi connectivity index (χ4n) is 4.84. The predicted octanol–water partition coefficient (Wildman–Crippen LogP) is 6.85. The lowest BCUT2D eigenvalue weighted by Crippen LogP contribution is -2.38. The molecule has 0 bridgehead atoms. The van der Waals surface area contributed by atoms with Gasteiger partial charge in [0.25, 0.3) is 0 Å². The first-order valence-corrected chi connectivity index (χ1v) is 12.1. The second-order valence-corrected chi connectivity index (χ2v) is 11.1. The van der Waals surface area contributed by atoms with Crippen molar-refractivity contribution in [2.24, 2.45) is 16.7 Å². The maximum absolute atomic E-state index is 12.2. The summed E-state index contributed by atoms with van der Waals surface area (Å²) in [4.78, 5) is 14.4. The van der Waals surface area contributed by atoms with Crippen LogP contribution in [0.15, 0.2) is 36.4 Å². The van der Waals surface area contributed by atoms with Crippen molar-refractivity contribution in [3.63, 3.8) is 0 Å². The third kappa shape index (κ3) is 5.96. The predicted molar refractivity (Wildman–Crippen MR) is 133 cm³/mol. The minimum absolute atomic E-state index is 0.161. The average molecular weight is 440 g/mol. The van der Waals surface area contributed by atoms with E-state index in [1.807, 2.05) is 27.8 Å². The lowest BCUT2D eigenvalue weighted by molar-refractivity contribution is -0.152. The molecule has 2 aromatic carbocycles. The molecule has 1 saturated carbocycles. The van der Waals surface area contributed by atoms with Gasteiger partial charge in [0.05, 0.1) is 18.1 Å². The molecule has 0 amide bonds. The molecule has 3 rings (SSSR count). The zero-order valence-electron chi connectivity index (χ0n) is 21.0. The molecule has 0 radical (unpaired) electrons. The minimum Gasteiger partial charge on any atom is -0.490 e. The van der Waals surface area contributed by atoms with Crippen LogP contribution in [0.2, 0.25) is 0 Å². The summed E-state index contributed by atoms with van der Waals surface area (Å²) in [5.41, 5.74) is 0.914. The lowest BCUT2D eigenvalue weighted by Gasteiger charge is -2.37. The number of hydrogen-bond donors (Lipinski definition) is 0. The SMILES string of the molecule is CCOC(=O)C(C)(C)CN(C)c1ccc2cc(O[C@H]3CC[C@H](C(C)(C)C)CC3)ccc2c1. The van der Waals surface area contributed by atoms with Gasteiger partial charge >= 0.3 is 5.97 Å². The number of ether oxygens (including phenoxy) is 2. The Morgan fingerprint density at radius 1 is 0.969 bits per heavy atom. The molecule has 0 N–H and O–H groups in total. The molecule has 1 fully saturated rings. The van der Waals surface area contributed by atoms with Crippen LogP contribution < -0.4 is 9.64 Å². The number of anilines is 1. The molecule has 32 heavy (non-hydrogen) atoms. The van der Waals surface area contributed by atoms with E-state index in [1.54, 1.807) is 0 Å². The van der Waals surface area contributed by atoms with Crippen LogP contribution in [0.25, 0.3) is 10.8 Å². The van der Waals surface area contributed by atoms with Gasteiger partial charge in [-0.2, -0.15) is 0 Å². The van der Waals surface area contributed by atoms with Crippen LogP contribution in [0, 0.1) is 16.7 Å². The summed E-state index contributed by atoms with van der Waals surface area (Å²) in [5.74, 6) is 1.59. The Kier molecular flexibility index (Phi) is 7.42. The highest BCUT2D eigenvalue weighted by Gasteiger charge is 2.31. The second-order valence-electron chi connectivity index (χ2n) is 11.1. The maximum atomic E-state index is 12.2. The molecular formula is C28H41NO3. The van der Waals surface area contributed by atoms with Gasteiger partial charge in [-0.05, 0) is 92.8 Å². The van der Waals surface area contributed by atoms with Gasteiger partial charge in [0.1, 0.15) is 5.75 Å². The molecule has 4 nitrogen and oxygen atoms in total. The van der Waals surface area contributed by atoms with Gasteiger partial charge in [0.2, 0.25) is 0 Å². The molecule has 0 aromatic heterocycles. The van der Waals surface area contributed by atoms with Gasteiger partial charge < -0.3 is 14.4 Å². The topological polar surface area (TPSA) is 38.8 Å². The Morgan fingerprint density at radius 3 is 2.22 bits per heavy atom. The standard InChI is InChI=1S/C28H41NO3/c1-8-31-26(30)28(5,6)19-29(7)23-13-9-21-18-25(14-10-20(21)17-23)32-24-15-11-22(12-16-24)27(2,3)4/h9-10,13-14,17-18,22,24H,8,11-12,15-16,19H2,1-7H3/t22-,24-. The van der Waals surface area contributed by atoms with Gasteiger partial charge in [-0.1, -0.05) is 32.9 Å². The molecule has 0 aliphatic heterocycles. The van der Waals surface area contributed by atoms with Gasteiger partial charge in [-0.3, -0.25) is 4.79 Å². The van der Waals surface area contributed by atoms with Gasteiger partial charge in [0, 0.05) is 19.3 Å². The van der Waals surface area contributed by atoms with Crippen molar-refractivity contribution >= 4 is 22.4 Å². The third-order valence-corrected chi connectivity index (χ3v) is 6.90. The molecule has 0 atom stereocenters. The van der Waals surface area contributed by atoms with Crippen LogP contribution in [0.3, 0.4) is 0 Å². The highest BCUT2D eigenvalue weighted by Crippen LogP contribution is 2.39. The van der Waals surface area contributed by atoms with E-state index in [0.717, 1.165) is 30.2 Å². The van der Waals surface area contributed by atoms with Gasteiger partial charge in [-0.25, -0.2) is 0 Å². The van der Waals surface area contributed by atoms with E-state index in [1.165, 1.54) is 23.6 Å². The van der Waals surface area contributed by atoms with Crippen molar-refractivity contribution in [2.75, 3.05) is 25.1 Å². The van der Waals surface area contributed by atoms with Crippen molar-refractivity contribution in [1.82, 2.24) is 0 Å². The monoisotopic (exact) mass is 439 g/mol. The van der Waals surface area contributed by atoms with E-state index < -0.39 is 5.41 Å². The average Bonchev–Trinajstić information content (AvgIpc) is 2.73. The number of benzene rings is 2. The number of fused-ring (bicyclic) bond motifs is 1. The van der Waals surface area contributed by atoms with Gasteiger partial charge in [-0.15, -0.1) is 0 Å². The lowest BCUT2D eigenvalue weighted by atomic mass is 9.72. The first-order valence-electron chi connectivity index (χ1n) is 12.1. The Labute approximate surface area is 194 Å². The molecule has 0 spiro atoms. The summed E-state index contributed by atoms with van der Waals surface area (Å²) in [5, 5.41) is 2.35. The molecule has 1 aliphatic rings. The first kappa shape index (κ1) is 24.4. The zero-order chi connectivity index (χ0) is 23.5. The largest absolute Gasteiger partial charge is 0.490 e. The van der Waals surface area contributed by atoms with Crippen LogP contribution in [0.4, 0.5) is 5.69 Å². The van der Waals surface area contributed by atoms with Crippen LogP contribution in [-0.2, 0) is 9.53 Å². The van der Waals surface area contributed by atoms with Gasteiger partial charge in [0.15, 0.2) is 0 Å². The summed E-state index contributed by atoms with van der Waals surface area (Å²) < 4.78 is 11.6. The Bertz CT molecular complexity index is 920. The van der Waals surface area contributed by atoms with E-state index in [2.05, 4.69) is 62.1 Å². The molecule has 176 valence electrons. The smallest absolute Gasteiger partial charge is 0.313 e. The Hall–Kier alpha value is -2.23. The van der Waals surface area contributed by atoms with E-state index >= 15 is 0 Å². The van der Waals surface area contributed by atoms with E-state index in [4.69, 9.17) is 9.47 Å². The van der Waals surface area contributed by atoms with Crippen molar-refractivity contribution in [3.8, 4) is 5.75 Å². The number of hydrogen-bond acceptors (Lipinski definition) is 4. The summed E-state index contributed by atoms with van der Waals surface area (Å²) >= 11 is 0. The molecule has 0 heterocycles. The van der Waals surface area contributed by atoms with Crippen molar-refractivity contribution in [1.29, 1.82) is 0 Å². The normalized spacial score (nSPS) is 19.6. The molecule has 0 saturated heterocycles. The quantitative estimate of drug-likeness (QED) is 0.442. The summed E-state index contributed by atoms with van der Waals surface area (Å²) in [6.07, 6.45) is 5.10. The van der Waals surface area contributed by atoms with Crippen molar-refractivity contribution in [2.45, 2.75) is 73.3 Å². The molecule has 4 heteroatoms. The summed E-state index contributed by atoms with van der Waals surface area (Å²) in [6.45, 7) is 13.8. The van der Waals surface area contributed by atoms with Crippen LogP contribution in [-0.4, -0.2) is 32.3 Å². The Balaban J connectivity index is 1.65. The molecule has 0 unspecified atom stereocenters. The zero-order valence-corrected chi connectivity index (χ0v) is 21.0. The van der Waals surface area contributed by atoms with Crippen LogP contribution in [0.1, 0.15) is 67.2 Å². The fraction of sp³-hybridized carbons (Fsp3) is 0.607. The second kappa shape index (κ2) is 9.72. The minimum atomic E-state index is -0.566. The third-order valence-electron chi connectivity index (χ3n) is 6.90. The highest BCUT2D eigenvalue weighted by molar-refractivity contribution is 5.87. The Morgan fingerprint density at radius 2 is 1.59 bits per heavy atom. The maximum Gasteiger partial charge on any atom is 0.313 e. The van der Waals surface area contributed by atoms with E-state index in [-0.39, 0.29) is 5.97 Å². The van der Waals surface area contributed by atoms with E-state index in [9.17, 15) is 4.79 Å². The summed E-state index contributed by atoms with van der Waals surface area (Å²) in [6, 6.07) is 12.8. The van der Waals surface area contributed by atoms with Crippen molar-refractivity contribution < 1.29 is 14.3 Å². The fourth-order valence-corrected chi connectivity index (χ4v) is 4.84. The van der Waals surface area contributed by atoms with Crippen LogP contribution >= 0.6 is 0 Å². The summed E-state index contributed by atoms with van der Waals surface area (Å²) in [7, 11) is 2.02. The molecular weight excluding hydrogens is 398 g/mol. The molecule has 2 aromatic rings. The first-order chi connectivity index (χ1) is 15.0. The van der Waals surface area contributed by atoms with Crippen LogP contribution in [0.5, 0.6) is 5.75 Å². The van der Waals surface area contributed by atoms with Crippen molar-refractivity contribution in [3.05, 3.63) is 36.4 Å². The number of esters is 1. The number of carbonyl (C=O) groups excluding carboxylic acids is 1. The highest BCUT2D eigenvalue weighted by atomic mass is 16.5. The number of rotatable bonds is 7.